The highest BCUT2D eigenvalue weighted by Crippen LogP contribution is 2.34. The van der Waals surface area contributed by atoms with Crippen molar-refractivity contribution in [2.24, 2.45) is 0 Å². The van der Waals surface area contributed by atoms with Crippen LogP contribution in [0.2, 0.25) is 0 Å². The van der Waals surface area contributed by atoms with E-state index >= 15 is 0 Å². The Balaban J connectivity index is 2.20. The van der Waals surface area contributed by atoms with Crippen molar-refractivity contribution in [3.05, 3.63) is 39.8 Å². The molecule has 0 radical (unpaired) electrons. The second-order valence-corrected chi connectivity index (χ2v) is 8.61. The van der Waals surface area contributed by atoms with Crippen molar-refractivity contribution in [2.45, 2.75) is 41.2 Å². The summed E-state index contributed by atoms with van der Waals surface area (Å²) in [7, 11) is 1.31. The molecule has 8 nitrogen and oxygen atoms in total. The van der Waals surface area contributed by atoms with Crippen LogP contribution < -0.4 is 20.1 Å². The zero-order valence-electron chi connectivity index (χ0n) is 20.6. The van der Waals surface area contributed by atoms with E-state index in [1.165, 1.54) is 18.4 Å². The number of amides is 1. The van der Waals surface area contributed by atoms with Crippen LogP contribution in [0.25, 0.3) is 0 Å². The molecule has 0 aliphatic heterocycles. The van der Waals surface area contributed by atoms with Crippen molar-refractivity contribution in [1.82, 2.24) is 10.2 Å². The molecule has 1 amide bonds. The maximum Gasteiger partial charge on any atom is 0.341 e. The summed E-state index contributed by atoms with van der Waals surface area (Å²) < 4.78 is 16.2. The third-order valence-electron chi connectivity index (χ3n) is 5.07. The zero-order chi connectivity index (χ0) is 25.3. The van der Waals surface area contributed by atoms with Gasteiger partial charge < -0.3 is 29.7 Å². The third-order valence-corrected chi connectivity index (χ3v) is 6.51. The smallest absolute Gasteiger partial charge is 0.341 e. The van der Waals surface area contributed by atoms with Gasteiger partial charge in [0.1, 0.15) is 5.00 Å². The Morgan fingerprint density at radius 3 is 2.29 bits per heavy atom. The van der Waals surface area contributed by atoms with Crippen LogP contribution in [0, 0.1) is 6.92 Å². The molecule has 186 valence electrons. The van der Waals surface area contributed by atoms with Gasteiger partial charge in [-0.1, -0.05) is 6.07 Å². The Bertz CT molecular complexity index is 1020. The van der Waals surface area contributed by atoms with Crippen molar-refractivity contribution in [3.63, 3.8) is 0 Å². The Morgan fingerprint density at radius 2 is 1.71 bits per heavy atom. The first kappa shape index (κ1) is 27.4. The molecule has 0 unspecified atom stereocenters. The van der Waals surface area contributed by atoms with Gasteiger partial charge in [-0.15, -0.1) is 11.3 Å². The minimum Gasteiger partial charge on any atom is -0.490 e. The molecule has 0 bridgehead atoms. The monoisotopic (exact) mass is 507 g/mol. The van der Waals surface area contributed by atoms with E-state index < -0.39 is 5.97 Å². The molecule has 1 aromatic carbocycles. The highest BCUT2D eigenvalue weighted by molar-refractivity contribution is 7.80. The molecule has 1 heterocycles. The summed E-state index contributed by atoms with van der Waals surface area (Å²) in [6, 6.07) is 5.70. The fraction of sp³-hybridized carbons (Fsp3) is 0.458. The standard InChI is InChI=1S/C24H33N3O5S2/c1-7-27(8-2)22(28)20-15(5)19(23(29)30-6)21(34-20)26-24(33)25-14-16-11-12-17(31-9-3)18(13-16)32-10-4/h11-13H,7-10,14H2,1-6H3,(H2,25,26,33). The normalized spacial score (nSPS) is 10.4. The summed E-state index contributed by atoms with van der Waals surface area (Å²) in [6.07, 6.45) is 0. The van der Waals surface area contributed by atoms with Crippen molar-refractivity contribution < 1.29 is 23.8 Å². The molecular formula is C24H33N3O5S2. The molecule has 1 aromatic heterocycles. The Hall–Kier alpha value is -2.85. The lowest BCUT2D eigenvalue weighted by molar-refractivity contribution is 0.0601. The van der Waals surface area contributed by atoms with Gasteiger partial charge in [-0.3, -0.25) is 4.79 Å². The average molecular weight is 508 g/mol. The number of methoxy groups -OCH3 is 1. The minimum absolute atomic E-state index is 0.123. The van der Waals surface area contributed by atoms with Gasteiger partial charge in [-0.25, -0.2) is 4.79 Å². The molecular weight excluding hydrogens is 474 g/mol. The van der Waals surface area contributed by atoms with Crippen LogP contribution in [-0.2, 0) is 11.3 Å². The lowest BCUT2D eigenvalue weighted by Gasteiger charge is -2.18. The molecule has 0 aliphatic rings. The van der Waals surface area contributed by atoms with Crippen LogP contribution in [-0.4, -0.2) is 55.3 Å². The lowest BCUT2D eigenvalue weighted by atomic mass is 10.1. The first-order valence-corrected chi connectivity index (χ1v) is 12.5. The van der Waals surface area contributed by atoms with E-state index in [0.717, 1.165) is 5.56 Å². The van der Waals surface area contributed by atoms with Gasteiger partial charge in [0.25, 0.3) is 5.91 Å². The van der Waals surface area contributed by atoms with E-state index in [9.17, 15) is 9.59 Å². The van der Waals surface area contributed by atoms with Crippen LogP contribution >= 0.6 is 23.6 Å². The first-order valence-electron chi connectivity index (χ1n) is 11.2. The molecule has 2 rings (SSSR count). The first-order chi connectivity index (χ1) is 16.3. The van der Waals surface area contributed by atoms with E-state index in [2.05, 4.69) is 10.6 Å². The van der Waals surface area contributed by atoms with Crippen molar-refractivity contribution >= 4 is 45.5 Å². The largest absolute Gasteiger partial charge is 0.490 e. The molecule has 0 atom stereocenters. The van der Waals surface area contributed by atoms with E-state index in [0.29, 0.717) is 70.5 Å². The number of hydrogen-bond donors (Lipinski definition) is 2. The Kier molecular flexibility index (Phi) is 10.6. The summed E-state index contributed by atoms with van der Waals surface area (Å²) in [5, 5.41) is 7.00. The number of anilines is 1. The van der Waals surface area contributed by atoms with Crippen LogP contribution in [0.3, 0.4) is 0 Å². The number of thiophene rings is 1. The van der Waals surface area contributed by atoms with Crippen molar-refractivity contribution in [1.29, 1.82) is 0 Å². The predicted octanol–water partition coefficient (Wildman–Crippen LogP) is 4.61. The molecule has 34 heavy (non-hydrogen) atoms. The quantitative estimate of drug-likeness (QED) is 0.337. The van der Waals surface area contributed by atoms with E-state index in [-0.39, 0.29) is 5.91 Å². The van der Waals surface area contributed by atoms with Gasteiger partial charge in [0, 0.05) is 19.6 Å². The topological polar surface area (TPSA) is 89.1 Å². The number of carbonyl (C=O) groups is 2. The number of benzene rings is 1. The number of esters is 1. The number of thiocarbonyl (C=S) groups is 1. The summed E-state index contributed by atoms with van der Waals surface area (Å²) in [6.45, 7) is 12.1. The van der Waals surface area contributed by atoms with E-state index in [1.807, 2.05) is 45.9 Å². The van der Waals surface area contributed by atoms with Crippen LogP contribution in [0.1, 0.15) is 58.9 Å². The van der Waals surface area contributed by atoms with E-state index in [4.69, 9.17) is 26.4 Å². The highest BCUT2D eigenvalue weighted by atomic mass is 32.1. The highest BCUT2D eigenvalue weighted by Gasteiger charge is 2.27. The van der Waals surface area contributed by atoms with Crippen LogP contribution in [0.15, 0.2) is 18.2 Å². The van der Waals surface area contributed by atoms with E-state index in [1.54, 1.807) is 11.8 Å². The SMILES string of the molecule is CCOc1ccc(CNC(=S)Nc2sc(C(=O)N(CC)CC)c(C)c2C(=O)OC)cc1OCC. The molecule has 0 fully saturated rings. The maximum atomic E-state index is 12.9. The second-order valence-electron chi connectivity index (χ2n) is 7.18. The summed E-state index contributed by atoms with van der Waals surface area (Å²) in [5.74, 6) is 0.716. The number of nitrogens with one attached hydrogen (secondary N) is 2. The number of hydrogen-bond acceptors (Lipinski definition) is 7. The average Bonchev–Trinajstić information content (AvgIpc) is 3.15. The molecule has 2 N–H and O–H groups in total. The van der Waals surface area contributed by atoms with Gasteiger partial charge in [0.05, 0.1) is 30.8 Å². The van der Waals surface area contributed by atoms with Gasteiger partial charge in [0.15, 0.2) is 16.6 Å². The molecule has 0 aliphatic carbocycles. The molecule has 0 spiro atoms. The minimum atomic E-state index is -0.523. The fourth-order valence-electron chi connectivity index (χ4n) is 3.34. The summed E-state index contributed by atoms with van der Waals surface area (Å²) in [5.41, 5.74) is 1.84. The van der Waals surface area contributed by atoms with Gasteiger partial charge in [0.2, 0.25) is 0 Å². The maximum absolute atomic E-state index is 12.9. The van der Waals surface area contributed by atoms with Gasteiger partial charge >= 0.3 is 5.97 Å². The number of ether oxygens (including phenoxy) is 3. The fourth-order valence-corrected chi connectivity index (χ4v) is 4.75. The second kappa shape index (κ2) is 13.1. The number of rotatable bonds is 11. The third kappa shape index (κ3) is 6.60. The number of carbonyl (C=O) groups excluding carboxylic acids is 2. The molecule has 10 heteroatoms. The van der Waals surface area contributed by atoms with Gasteiger partial charge in [-0.05, 0) is 70.1 Å². The van der Waals surface area contributed by atoms with Gasteiger partial charge in [-0.2, -0.15) is 0 Å². The Morgan fingerprint density at radius 1 is 1.06 bits per heavy atom. The summed E-state index contributed by atoms with van der Waals surface area (Å²) >= 11 is 6.66. The zero-order valence-corrected chi connectivity index (χ0v) is 22.2. The van der Waals surface area contributed by atoms with Crippen molar-refractivity contribution in [2.75, 3.05) is 38.7 Å². The predicted molar refractivity (Wildman–Crippen MR) is 139 cm³/mol. The lowest BCUT2D eigenvalue weighted by Crippen LogP contribution is -2.30. The number of nitrogens with zero attached hydrogens (tertiary/aromatic N) is 1. The summed E-state index contributed by atoms with van der Waals surface area (Å²) in [4.78, 5) is 27.6. The van der Waals surface area contributed by atoms with Crippen LogP contribution in [0.5, 0.6) is 11.5 Å². The molecule has 2 aromatic rings. The molecule has 0 saturated carbocycles. The Labute approximate surface area is 210 Å². The van der Waals surface area contributed by atoms with Crippen LogP contribution in [0.4, 0.5) is 5.00 Å². The molecule has 0 saturated heterocycles. The van der Waals surface area contributed by atoms with Crippen molar-refractivity contribution in [3.8, 4) is 11.5 Å².